The lowest BCUT2D eigenvalue weighted by Gasteiger charge is -2.22. The Morgan fingerprint density at radius 1 is 0.388 bits per heavy atom. The molecule has 0 aromatic heterocycles. The van der Waals surface area contributed by atoms with Gasteiger partial charge in [-0.3, -0.25) is 0 Å². The summed E-state index contributed by atoms with van der Waals surface area (Å²) < 4.78 is 0. The van der Waals surface area contributed by atoms with Gasteiger partial charge in [-0.2, -0.15) is 0 Å². The molecule has 0 heteroatoms. The van der Waals surface area contributed by atoms with Crippen LogP contribution < -0.4 is 0 Å². The quantitative estimate of drug-likeness (QED) is 0.169. The molecule has 9 rings (SSSR count). The van der Waals surface area contributed by atoms with E-state index < -0.39 is 0 Å². The van der Waals surface area contributed by atoms with Gasteiger partial charge in [0.2, 0.25) is 0 Å². The van der Waals surface area contributed by atoms with Crippen LogP contribution in [0.15, 0.2) is 140 Å². The van der Waals surface area contributed by atoms with Crippen LogP contribution in [0.1, 0.15) is 63.9 Å². The van der Waals surface area contributed by atoms with E-state index in [1.807, 2.05) is 0 Å². The maximum Gasteiger partial charge on any atom is 0.0159 e. The zero-order valence-electron chi connectivity index (χ0n) is 30.0. The Balaban J connectivity index is 0.000000120. The van der Waals surface area contributed by atoms with Crippen molar-refractivity contribution in [1.29, 1.82) is 0 Å². The molecule has 0 unspecified atom stereocenters. The summed E-state index contributed by atoms with van der Waals surface area (Å²) in [4.78, 5) is 0. The molecule has 0 spiro atoms. The predicted molar refractivity (Wildman–Crippen MR) is 212 cm³/mol. The van der Waals surface area contributed by atoms with Gasteiger partial charge in [-0.25, -0.2) is 0 Å². The smallest absolute Gasteiger partial charge is 0.0159 e. The Hall–Kier alpha value is -5.20. The first kappa shape index (κ1) is 32.4. The second-order valence-electron chi connectivity index (χ2n) is 14.5. The molecule has 0 heterocycles. The van der Waals surface area contributed by atoms with Gasteiger partial charge >= 0.3 is 0 Å². The van der Waals surface area contributed by atoms with Gasteiger partial charge in [0.25, 0.3) is 0 Å². The largest absolute Gasteiger partial charge is 0.0620 e. The first-order chi connectivity index (χ1) is 23.6. The lowest BCUT2D eigenvalue weighted by atomic mass is 9.81. The highest BCUT2D eigenvalue weighted by atomic mass is 14.4. The Kier molecular flexibility index (Phi) is 8.59. The van der Waals surface area contributed by atoms with Crippen LogP contribution in [-0.2, 0) is 11.8 Å². The minimum absolute atomic E-state index is 0.0888. The van der Waals surface area contributed by atoms with Crippen LogP contribution in [0, 0.1) is 34.6 Å². The molecular weight excluding hydrogens is 589 g/mol. The molecule has 0 aliphatic heterocycles. The van der Waals surface area contributed by atoms with Gasteiger partial charge in [0.05, 0.1) is 0 Å². The summed E-state index contributed by atoms with van der Waals surface area (Å²) in [5.74, 6) is 0. The fourth-order valence-electron chi connectivity index (χ4n) is 7.90. The van der Waals surface area contributed by atoms with Crippen molar-refractivity contribution in [2.75, 3.05) is 0 Å². The SMILES string of the molecule is Cc1ccc2c(c1)C(C)(C)c1cc(C)c3ccccc3c1-2.Cc1ccc2c(c1)Cc1ccccc1-2.Cc1ccccc1-c1ccccc1C. The van der Waals surface area contributed by atoms with Crippen LogP contribution in [0.5, 0.6) is 0 Å². The van der Waals surface area contributed by atoms with Gasteiger partial charge in [-0.05, 0) is 124 Å². The summed E-state index contributed by atoms with van der Waals surface area (Å²) in [6, 6.07) is 50.5. The lowest BCUT2D eigenvalue weighted by Crippen LogP contribution is -2.15. The van der Waals surface area contributed by atoms with E-state index in [0.717, 1.165) is 6.42 Å². The predicted octanol–water partition coefficient (Wildman–Crippen LogP) is 13.3. The Morgan fingerprint density at radius 3 is 1.55 bits per heavy atom. The second-order valence-corrected chi connectivity index (χ2v) is 14.5. The molecule has 0 atom stereocenters. The Bertz CT molecular complexity index is 2290. The molecule has 0 nitrogen and oxygen atoms in total. The summed E-state index contributed by atoms with van der Waals surface area (Å²) in [6.07, 6.45) is 1.10. The van der Waals surface area contributed by atoms with Crippen LogP contribution in [-0.4, -0.2) is 0 Å². The highest BCUT2D eigenvalue weighted by molar-refractivity contribution is 6.03. The fourth-order valence-corrected chi connectivity index (χ4v) is 7.90. The summed E-state index contributed by atoms with van der Waals surface area (Å²) in [5, 5.41) is 2.77. The van der Waals surface area contributed by atoms with Crippen molar-refractivity contribution in [2.45, 2.75) is 60.3 Å². The van der Waals surface area contributed by atoms with Crippen LogP contribution in [0.25, 0.3) is 44.2 Å². The highest BCUT2D eigenvalue weighted by Crippen LogP contribution is 2.52. The average molecular weight is 635 g/mol. The number of rotatable bonds is 1. The third-order valence-electron chi connectivity index (χ3n) is 10.6. The minimum Gasteiger partial charge on any atom is -0.0620 e. The van der Waals surface area contributed by atoms with Crippen molar-refractivity contribution < 1.29 is 0 Å². The lowest BCUT2D eigenvalue weighted by molar-refractivity contribution is 0.659. The van der Waals surface area contributed by atoms with E-state index in [0.29, 0.717) is 0 Å². The first-order valence-corrected chi connectivity index (χ1v) is 17.6. The molecule has 7 aromatic carbocycles. The second kappa shape index (κ2) is 13.0. The molecule has 0 saturated heterocycles. The topological polar surface area (TPSA) is 0 Å². The van der Waals surface area contributed by atoms with Crippen molar-refractivity contribution >= 4 is 10.8 Å². The number of aryl methyl sites for hydroxylation is 5. The highest BCUT2D eigenvalue weighted by Gasteiger charge is 2.36. The van der Waals surface area contributed by atoms with Gasteiger partial charge in [-0.15, -0.1) is 0 Å². The molecule has 242 valence electrons. The van der Waals surface area contributed by atoms with Gasteiger partial charge in [0.15, 0.2) is 0 Å². The summed E-state index contributed by atoms with van der Waals surface area (Å²) in [5.41, 5.74) is 21.1. The third-order valence-corrected chi connectivity index (χ3v) is 10.6. The number of hydrogen-bond donors (Lipinski definition) is 0. The van der Waals surface area contributed by atoms with Crippen molar-refractivity contribution in [1.82, 2.24) is 0 Å². The Morgan fingerprint density at radius 2 is 0.898 bits per heavy atom. The van der Waals surface area contributed by atoms with Gasteiger partial charge in [0.1, 0.15) is 0 Å². The zero-order chi connectivity index (χ0) is 34.3. The van der Waals surface area contributed by atoms with E-state index >= 15 is 0 Å². The molecule has 49 heavy (non-hydrogen) atoms. The molecule has 0 amide bonds. The van der Waals surface area contributed by atoms with Gasteiger partial charge < -0.3 is 0 Å². The van der Waals surface area contributed by atoms with Crippen LogP contribution in [0.4, 0.5) is 0 Å². The Labute approximate surface area is 293 Å². The summed E-state index contributed by atoms with van der Waals surface area (Å²) in [6.45, 7) is 15.6. The maximum atomic E-state index is 2.40. The number of benzene rings is 7. The minimum atomic E-state index is 0.0888. The molecule has 0 radical (unpaired) electrons. The van der Waals surface area contributed by atoms with Crippen molar-refractivity contribution in [3.63, 3.8) is 0 Å². The van der Waals surface area contributed by atoms with E-state index in [-0.39, 0.29) is 5.41 Å². The van der Waals surface area contributed by atoms with Gasteiger partial charge in [0, 0.05) is 5.41 Å². The van der Waals surface area contributed by atoms with Crippen LogP contribution >= 0.6 is 0 Å². The molecule has 0 fully saturated rings. The fraction of sp³-hybridized carbons (Fsp3) is 0.184. The van der Waals surface area contributed by atoms with Crippen molar-refractivity contribution in [2.24, 2.45) is 0 Å². The number of hydrogen-bond acceptors (Lipinski definition) is 0. The zero-order valence-corrected chi connectivity index (χ0v) is 30.0. The summed E-state index contributed by atoms with van der Waals surface area (Å²) >= 11 is 0. The molecule has 0 bridgehead atoms. The van der Waals surface area contributed by atoms with E-state index in [9.17, 15) is 0 Å². The van der Waals surface area contributed by atoms with E-state index in [1.165, 1.54) is 94.2 Å². The molecule has 2 aliphatic rings. The third kappa shape index (κ3) is 6.02. The molecule has 7 aromatic rings. The number of fused-ring (bicyclic) bond motifs is 8. The normalized spacial score (nSPS) is 12.9. The first-order valence-electron chi connectivity index (χ1n) is 17.6. The monoisotopic (exact) mass is 634 g/mol. The van der Waals surface area contributed by atoms with E-state index in [2.05, 4.69) is 188 Å². The average Bonchev–Trinajstić information content (AvgIpc) is 3.57. The van der Waals surface area contributed by atoms with Crippen molar-refractivity contribution in [3.8, 4) is 33.4 Å². The molecule has 0 saturated carbocycles. The van der Waals surface area contributed by atoms with Crippen LogP contribution in [0.2, 0.25) is 0 Å². The van der Waals surface area contributed by atoms with Gasteiger partial charge in [-0.1, -0.05) is 165 Å². The molecular formula is C49H46. The standard InChI is InChI=1S/C21H20.C14H12.C14H14/c1-13-9-10-17-18(11-13)21(3,4)19-12-14(2)15-7-5-6-8-16(15)20(17)19;1-10-6-7-14-12(8-10)9-11-4-2-3-5-13(11)14;1-11-7-3-5-9-13(11)14-10-6-4-8-12(14)2/h5-12H,1-4H3;2-8H,9H2,1H3;3-10H,1-2H3. The van der Waals surface area contributed by atoms with E-state index in [4.69, 9.17) is 0 Å². The van der Waals surface area contributed by atoms with Crippen molar-refractivity contribution in [3.05, 3.63) is 190 Å². The molecule has 0 N–H and O–H groups in total. The van der Waals surface area contributed by atoms with Crippen LogP contribution in [0.3, 0.4) is 0 Å². The van der Waals surface area contributed by atoms with E-state index in [1.54, 1.807) is 0 Å². The summed E-state index contributed by atoms with van der Waals surface area (Å²) in [7, 11) is 0. The maximum absolute atomic E-state index is 2.40. The molecule has 2 aliphatic carbocycles.